The van der Waals surface area contributed by atoms with Crippen molar-refractivity contribution in [1.82, 2.24) is 9.55 Å². The Morgan fingerprint density at radius 2 is 2.00 bits per heavy atom. The van der Waals surface area contributed by atoms with Gasteiger partial charge < -0.3 is 4.74 Å². The molecule has 0 saturated heterocycles. The Morgan fingerprint density at radius 1 is 1.21 bits per heavy atom. The molecule has 0 N–H and O–H groups in total. The predicted octanol–water partition coefficient (Wildman–Crippen LogP) is 5.67. The highest BCUT2D eigenvalue weighted by Crippen LogP contribution is 2.33. The Kier molecular flexibility index (Phi) is 5.58. The average molecular weight is 447 g/mol. The zero-order valence-electron chi connectivity index (χ0n) is 15.4. The smallest absolute Gasteiger partial charge is 0.311 e. The second-order valence-corrected chi connectivity index (χ2v) is 8.40. The average Bonchev–Trinajstić information content (AvgIpc) is 3.12. The van der Waals surface area contributed by atoms with Crippen molar-refractivity contribution in [2.75, 3.05) is 0 Å². The third-order valence-corrected chi connectivity index (χ3v) is 6.24. The van der Waals surface area contributed by atoms with Crippen LogP contribution in [0.5, 0.6) is 5.75 Å². The van der Waals surface area contributed by atoms with E-state index in [-0.39, 0.29) is 24.3 Å². The zero-order chi connectivity index (χ0) is 20.5. The van der Waals surface area contributed by atoms with Crippen LogP contribution in [0.2, 0.25) is 10.0 Å². The molecular weight excluding hydrogens is 431 g/mol. The Labute approximate surface area is 180 Å². The molecule has 29 heavy (non-hydrogen) atoms. The van der Waals surface area contributed by atoms with E-state index >= 15 is 0 Å². The van der Waals surface area contributed by atoms with E-state index < -0.39 is 5.97 Å². The Balaban J connectivity index is 1.82. The first-order chi connectivity index (χ1) is 14.0. The minimum absolute atomic E-state index is 0.0179. The molecule has 0 atom stereocenters. The van der Waals surface area contributed by atoms with Crippen molar-refractivity contribution in [3.05, 3.63) is 67.9 Å². The van der Waals surface area contributed by atoms with E-state index in [1.807, 2.05) is 37.3 Å². The van der Waals surface area contributed by atoms with Crippen molar-refractivity contribution in [2.24, 2.45) is 0 Å². The number of ether oxygens (including phenoxy) is 1. The van der Waals surface area contributed by atoms with Crippen molar-refractivity contribution in [3.8, 4) is 5.75 Å². The largest absolute Gasteiger partial charge is 0.421 e. The number of benzene rings is 2. The van der Waals surface area contributed by atoms with Gasteiger partial charge in [0, 0.05) is 11.8 Å². The summed E-state index contributed by atoms with van der Waals surface area (Å²) in [6, 6.07) is 12.6. The normalized spacial score (nSPS) is 11.3. The van der Waals surface area contributed by atoms with Gasteiger partial charge in [-0.25, -0.2) is 4.98 Å². The van der Waals surface area contributed by atoms with Crippen molar-refractivity contribution in [1.29, 1.82) is 0 Å². The number of carbonyl (C=O) groups is 1. The van der Waals surface area contributed by atoms with Crippen LogP contribution in [0.3, 0.4) is 0 Å². The van der Waals surface area contributed by atoms with Crippen LogP contribution in [-0.2, 0) is 11.3 Å². The predicted molar refractivity (Wildman–Crippen MR) is 117 cm³/mol. The monoisotopic (exact) mass is 446 g/mol. The number of carbonyl (C=O) groups excluding carboxylic acids is 1. The molecule has 0 amide bonds. The molecule has 2 aromatic carbocycles. The van der Waals surface area contributed by atoms with Gasteiger partial charge in [0.15, 0.2) is 5.75 Å². The quantitative estimate of drug-likeness (QED) is 0.370. The summed E-state index contributed by atoms with van der Waals surface area (Å²) >= 11 is 13.8. The third-order valence-electron chi connectivity index (χ3n) is 4.44. The molecule has 0 radical (unpaired) electrons. The van der Waals surface area contributed by atoms with E-state index in [0.29, 0.717) is 27.0 Å². The minimum Gasteiger partial charge on any atom is -0.421 e. The van der Waals surface area contributed by atoms with Crippen LogP contribution in [0.25, 0.3) is 21.1 Å². The molecular formula is C21H16Cl2N2O3S. The second-order valence-electron chi connectivity index (χ2n) is 6.50. The molecule has 8 heteroatoms. The number of hydrogen-bond donors (Lipinski definition) is 0. The van der Waals surface area contributed by atoms with Crippen LogP contribution in [0.15, 0.2) is 47.3 Å². The Hall–Kier alpha value is -2.41. The maximum absolute atomic E-state index is 13.1. The van der Waals surface area contributed by atoms with Gasteiger partial charge in [0.1, 0.15) is 10.5 Å². The number of nitrogens with zero attached hydrogens (tertiary/aromatic N) is 2. The molecule has 0 fully saturated rings. The van der Waals surface area contributed by atoms with Gasteiger partial charge in [0.25, 0.3) is 5.56 Å². The number of rotatable bonds is 5. The lowest BCUT2D eigenvalue weighted by Crippen LogP contribution is -2.24. The number of hydrogen-bond acceptors (Lipinski definition) is 5. The molecule has 0 aliphatic rings. The fraction of sp³-hybridized carbons (Fsp3) is 0.190. The lowest BCUT2D eigenvalue weighted by Gasteiger charge is -2.12. The highest BCUT2D eigenvalue weighted by atomic mass is 35.5. The first-order valence-electron chi connectivity index (χ1n) is 9.04. The van der Waals surface area contributed by atoms with Gasteiger partial charge in [0.05, 0.1) is 26.8 Å². The highest BCUT2D eigenvalue weighted by Gasteiger charge is 2.16. The van der Waals surface area contributed by atoms with E-state index in [4.69, 9.17) is 27.9 Å². The molecule has 4 rings (SSSR count). The molecule has 2 aromatic heterocycles. The molecule has 5 nitrogen and oxygen atoms in total. The maximum atomic E-state index is 13.1. The van der Waals surface area contributed by atoms with Crippen molar-refractivity contribution < 1.29 is 9.53 Å². The second kappa shape index (κ2) is 8.14. The standard InChI is InChI=1S/C21H16Cl2N2O3S/c1-2-5-18(26)28-15-10-12-6-3-4-7-14(12)25(21(15)27)11-17-24-20-16(29-17)9-8-13(22)19(20)23/h3-4,6-10H,2,5,11H2,1H3. The fourth-order valence-corrected chi connectivity index (χ4v) is 4.48. The van der Waals surface area contributed by atoms with Gasteiger partial charge in [0.2, 0.25) is 0 Å². The first kappa shape index (κ1) is 19.9. The van der Waals surface area contributed by atoms with Crippen LogP contribution < -0.4 is 10.3 Å². The molecule has 0 spiro atoms. The first-order valence-corrected chi connectivity index (χ1v) is 10.6. The van der Waals surface area contributed by atoms with Crippen molar-refractivity contribution in [3.63, 3.8) is 0 Å². The maximum Gasteiger partial charge on any atom is 0.311 e. The number of esters is 1. The van der Waals surface area contributed by atoms with Gasteiger partial charge in [-0.3, -0.25) is 14.2 Å². The van der Waals surface area contributed by atoms with E-state index in [1.165, 1.54) is 11.3 Å². The summed E-state index contributed by atoms with van der Waals surface area (Å²) in [4.78, 5) is 29.6. The number of para-hydroxylation sites is 1. The van der Waals surface area contributed by atoms with Gasteiger partial charge in [-0.2, -0.15) is 0 Å². The van der Waals surface area contributed by atoms with E-state index in [1.54, 1.807) is 16.7 Å². The molecule has 0 aliphatic carbocycles. The van der Waals surface area contributed by atoms with Crippen molar-refractivity contribution in [2.45, 2.75) is 26.3 Å². The molecule has 0 aliphatic heterocycles. The number of pyridine rings is 1. The Morgan fingerprint density at radius 3 is 2.79 bits per heavy atom. The van der Waals surface area contributed by atoms with Crippen LogP contribution in [-0.4, -0.2) is 15.5 Å². The molecule has 0 bridgehead atoms. The molecule has 0 unspecified atom stereocenters. The summed E-state index contributed by atoms with van der Waals surface area (Å²) in [6.07, 6.45) is 0.902. The lowest BCUT2D eigenvalue weighted by atomic mass is 10.2. The van der Waals surface area contributed by atoms with Crippen LogP contribution in [0, 0.1) is 0 Å². The third kappa shape index (κ3) is 3.88. The van der Waals surface area contributed by atoms with E-state index in [2.05, 4.69) is 4.98 Å². The summed E-state index contributed by atoms with van der Waals surface area (Å²) in [7, 11) is 0. The topological polar surface area (TPSA) is 61.2 Å². The lowest BCUT2D eigenvalue weighted by molar-refractivity contribution is -0.134. The SMILES string of the molecule is CCCC(=O)Oc1cc2ccccc2n(Cc2nc3c(Cl)c(Cl)ccc3s2)c1=O. The minimum atomic E-state index is -0.423. The highest BCUT2D eigenvalue weighted by molar-refractivity contribution is 7.18. The summed E-state index contributed by atoms with van der Waals surface area (Å²) < 4.78 is 7.79. The van der Waals surface area contributed by atoms with Gasteiger partial charge in [-0.05, 0) is 30.7 Å². The van der Waals surface area contributed by atoms with Crippen LogP contribution >= 0.6 is 34.5 Å². The van der Waals surface area contributed by atoms with Crippen LogP contribution in [0.4, 0.5) is 0 Å². The summed E-state index contributed by atoms with van der Waals surface area (Å²) in [5.74, 6) is -0.405. The fourth-order valence-electron chi connectivity index (χ4n) is 3.09. The molecule has 2 heterocycles. The number of aromatic nitrogens is 2. The van der Waals surface area contributed by atoms with E-state index in [9.17, 15) is 9.59 Å². The summed E-state index contributed by atoms with van der Waals surface area (Å²) in [5.41, 5.74) is 0.967. The zero-order valence-corrected chi connectivity index (χ0v) is 17.8. The number of thiazole rings is 1. The van der Waals surface area contributed by atoms with E-state index in [0.717, 1.165) is 15.6 Å². The molecule has 0 saturated carbocycles. The summed E-state index contributed by atoms with van der Waals surface area (Å²) in [5, 5.41) is 2.33. The summed E-state index contributed by atoms with van der Waals surface area (Å²) in [6.45, 7) is 2.11. The van der Waals surface area contributed by atoms with Crippen LogP contribution in [0.1, 0.15) is 24.8 Å². The molecule has 4 aromatic rings. The number of halogens is 2. The Bertz CT molecular complexity index is 1300. The van der Waals surface area contributed by atoms with Crippen molar-refractivity contribution >= 4 is 61.6 Å². The molecule has 148 valence electrons. The van der Waals surface area contributed by atoms with Gasteiger partial charge in [-0.15, -0.1) is 11.3 Å². The number of fused-ring (bicyclic) bond motifs is 2. The van der Waals surface area contributed by atoms with Gasteiger partial charge >= 0.3 is 5.97 Å². The van der Waals surface area contributed by atoms with Gasteiger partial charge in [-0.1, -0.05) is 48.3 Å².